The van der Waals surface area contributed by atoms with E-state index in [9.17, 15) is 0 Å². The Bertz CT molecular complexity index is 327. The highest BCUT2D eigenvalue weighted by atomic mass is 16.5. The van der Waals surface area contributed by atoms with Crippen LogP contribution in [-0.2, 0) is 11.3 Å². The Balaban J connectivity index is 2.00. The molecule has 1 aromatic rings. The van der Waals surface area contributed by atoms with E-state index in [1.165, 1.54) is 37.1 Å². The highest BCUT2D eigenvalue weighted by molar-refractivity contribution is 5.25. The number of nitrogens with one attached hydrogen (secondary N) is 1. The highest BCUT2D eigenvalue weighted by Gasteiger charge is 2.20. The Morgan fingerprint density at radius 3 is 2.47 bits per heavy atom. The summed E-state index contributed by atoms with van der Waals surface area (Å²) >= 11 is 0. The molecule has 94 valence electrons. The zero-order chi connectivity index (χ0) is 12.1. The van der Waals surface area contributed by atoms with Crippen LogP contribution >= 0.6 is 0 Å². The number of ether oxygens (including phenoxy) is 1. The summed E-state index contributed by atoms with van der Waals surface area (Å²) in [5, 5.41) is 3.43. The molecule has 0 bridgehead atoms. The number of methoxy groups -OCH3 is 1. The molecule has 0 amide bonds. The Morgan fingerprint density at radius 1 is 1.24 bits per heavy atom. The molecule has 1 saturated heterocycles. The number of benzene rings is 1. The SMILES string of the molecule is COCc1ccc(C(C)C2CCNCC2)cc1. The molecule has 17 heavy (non-hydrogen) atoms. The summed E-state index contributed by atoms with van der Waals surface area (Å²) in [6, 6.07) is 8.91. The molecule has 1 fully saturated rings. The molecular formula is C15H23NO. The van der Waals surface area contributed by atoms with E-state index in [1.807, 2.05) is 0 Å². The maximum atomic E-state index is 5.14. The molecule has 2 heteroatoms. The minimum atomic E-state index is 0.675. The van der Waals surface area contributed by atoms with Crippen molar-refractivity contribution in [2.75, 3.05) is 20.2 Å². The van der Waals surface area contributed by atoms with E-state index in [0.717, 1.165) is 5.92 Å². The van der Waals surface area contributed by atoms with Crippen molar-refractivity contribution in [2.45, 2.75) is 32.3 Å². The van der Waals surface area contributed by atoms with Gasteiger partial charge in [0, 0.05) is 7.11 Å². The molecule has 2 nitrogen and oxygen atoms in total. The van der Waals surface area contributed by atoms with E-state index in [4.69, 9.17) is 4.74 Å². The van der Waals surface area contributed by atoms with Gasteiger partial charge in [-0.2, -0.15) is 0 Å². The third-order valence-corrected chi connectivity index (χ3v) is 3.91. The van der Waals surface area contributed by atoms with Gasteiger partial charge in [-0.05, 0) is 48.9 Å². The van der Waals surface area contributed by atoms with Crippen LogP contribution in [0.15, 0.2) is 24.3 Å². The third-order valence-electron chi connectivity index (χ3n) is 3.91. The minimum absolute atomic E-state index is 0.675. The van der Waals surface area contributed by atoms with Crippen LogP contribution in [0.3, 0.4) is 0 Å². The predicted octanol–water partition coefficient (Wildman–Crippen LogP) is 2.94. The van der Waals surface area contributed by atoms with Crippen molar-refractivity contribution >= 4 is 0 Å². The molecule has 1 N–H and O–H groups in total. The van der Waals surface area contributed by atoms with Crippen LogP contribution in [0.4, 0.5) is 0 Å². The maximum absolute atomic E-state index is 5.14. The fraction of sp³-hybridized carbons (Fsp3) is 0.600. The molecular weight excluding hydrogens is 210 g/mol. The standard InChI is InChI=1S/C15H23NO/c1-12(15-7-9-16-10-8-15)14-5-3-13(4-6-14)11-17-2/h3-6,12,15-16H,7-11H2,1-2H3. The maximum Gasteiger partial charge on any atom is 0.0713 e. The second-order valence-corrected chi connectivity index (χ2v) is 5.05. The zero-order valence-electron chi connectivity index (χ0n) is 10.9. The van der Waals surface area contributed by atoms with Gasteiger partial charge in [0.2, 0.25) is 0 Å². The molecule has 1 atom stereocenters. The summed E-state index contributed by atoms with van der Waals surface area (Å²) in [6.45, 7) is 5.43. The predicted molar refractivity (Wildman–Crippen MR) is 71.2 cm³/mol. The highest BCUT2D eigenvalue weighted by Crippen LogP contribution is 2.30. The molecule has 0 spiro atoms. The Hall–Kier alpha value is -0.860. The van der Waals surface area contributed by atoms with Crippen molar-refractivity contribution < 1.29 is 4.74 Å². The lowest BCUT2D eigenvalue weighted by Gasteiger charge is -2.28. The average Bonchev–Trinajstić information content (AvgIpc) is 2.40. The number of rotatable bonds is 4. The first-order valence-corrected chi connectivity index (χ1v) is 6.59. The number of hydrogen-bond acceptors (Lipinski definition) is 2. The van der Waals surface area contributed by atoms with Crippen molar-refractivity contribution in [3.8, 4) is 0 Å². The van der Waals surface area contributed by atoms with Gasteiger partial charge in [0.25, 0.3) is 0 Å². The first-order chi connectivity index (χ1) is 8.31. The molecule has 0 radical (unpaired) electrons. The summed E-state index contributed by atoms with van der Waals surface area (Å²) in [5.41, 5.74) is 2.73. The van der Waals surface area contributed by atoms with Gasteiger partial charge in [-0.1, -0.05) is 31.2 Å². The first kappa shape index (κ1) is 12.6. The fourth-order valence-corrected chi connectivity index (χ4v) is 2.70. The van der Waals surface area contributed by atoms with Gasteiger partial charge in [-0.25, -0.2) is 0 Å². The van der Waals surface area contributed by atoms with E-state index >= 15 is 0 Å². The van der Waals surface area contributed by atoms with E-state index in [0.29, 0.717) is 12.5 Å². The van der Waals surface area contributed by atoms with Crippen molar-refractivity contribution in [1.29, 1.82) is 0 Å². The van der Waals surface area contributed by atoms with Crippen LogP contribution < -0.4 is 5.32 Å². The summed E-state index contributed by atoms with van der Waals surface area (Å²) < 4.78 is 5.14. The quantitative estimate of drug-likeness (QED) is 0.863. The van der Waals surface area contributed by atoms with E-state index in [1.54, 1.807) is 7.11 Å². The van der Waals surface area contributed by atoms with Crippen molar-refractivity contribution in [3.05, 3.63) is 35.4 Å². The van der Waals surface area contributed by atoms with Crippen molar-refractivity contribution in [1.82, 2.24) is 5.32 Å². The lowest BCUT2D eigenvalue weighted by Crippen LogP contribution is -2.30. The minimum Gasteiger partial charge on any atom is -0.380 e. The van der Waals surface area contributed by atoms with Crippen molar-refractivity contribution in [2.24, 2.45) is 5.92 Å². The van der Waals surface area contributed by atoms with Gasteiger partial charge in [0.05, 0.1) is 6.61 Å². The third kappa shape index (κ3) is 3.30. The molecule has 0 aliphatic carbocycles. The second kappa shape index (κ2) is 6.18. The van der Waals surface area contributed by atoms with Crippen LogP contribution in [-0.4, -0.2) is 20.2 Å². The monoisotopic (exact) mass is 233 g/mol. The number of hydrogen-bond donors (Lipinski definition) is 1. The molecule has 1 aliphatic heterocycles. The van der Waals surface area contributed by atoms with Crippen LogP contribution in [0, 0.1) is 5.92 Å². The molecule has 2 rings (SSSR count). The first-order valence-electron chi connectivity index (χ1n) is 6.59. The van der Waals surface area contributed by atoms with Crippen molar-refractivity contribution in [3.63, 3.8) is 0 Å². The molecule has 1 heterocycles. The van der Waals surface area contributed by atoms with E-state index in [2.05, 4.69) is 36.5 Å². The topological polar surface area (TPSA) is 21.3 Å². The van der Waals surface area contributed by atoms with Crippen LogP contribution in [0.25, 0.3) is 0 Å². The summed E-state index contributed by atoms with van der Waals surface area (Å²) in [4.78, 5) is 0. The molecule has 1 aliphatic rings. The molecule has 0 aromatic heterocycles. The van der Waals surface area contributed by atoms with Gasteiger partial charge in [-0.15, -0.1) is 0 Å². The fourth-order valence-electron chi connectivity index (χ4n) is 2.70. The van der Waals surface area contributed by atoms with Crippen LogP contribution in [0.2, 0.25) is 0 Å². The van der Waals surface area contributed by atoms with Crippen LogP contribution in [0.5, 0.6) is 0 Å². The number of piperidine rings is 1. The molecule has 1 aromatic carbocycles. The van der Waals surface area contributed by atoms with Gasteiger partial charge < -0.3 is 10.1 Å². The second-order valence-electron chi connectivity index (χ2n) is 5.05. The Morgan fingerprint density at radius 2 is 1.88 bits per heavy atom. The smallest absolute Gasteiger partial charge is 0.0713 e. The average molecular weight is 233 g/mol. The summed E-state index contributed by atoms with van der Waals surface area (Å²) in [6.07, 6.45) is 2.61. The summed E-state index contributed by atoms with van der Waals surface area (Å²) in [7, 11) is 1.74. The van der Waals surface area contributed by atoms with E-state index in [-0.39, 0.29) is 0 Å². The van der Waals surface area contributed by atoms with Crippen LogP contribution in [0.1, 0.15) is 36.8 Å². The van der Waals surface area contributed by atoms with E-state index < -0.39 is 0 Å². The Kier molecular flexibility index (Phi) is 4.57. The molecule has 0 saturated carbocycles. The normalized spacial score (nSPS) is 19.2. The van der Waals surface area contributed by atoms with Gasteiger partial charge in [0.1, 0.15) is 0 Å². The molecule has 1 unspecified atom stereocenters. The largest absolute Gasteiger partial charge is 0.380 e. The lowest BCUT2D eigenvalue weighted by molar-refractivity contribution is 0.185. The Labute approximate surface area is 104 Å². The van der Waals surface area contributed by atoms with Gasteiger partial charge in [-0.3, -0.25) is 0 Å². The van der Waals surface area contributed by atoms with Gasteiger partial charge >= 0.3 is 0 Å². The van der Waals surface area contributed by atoms with Gasteiger partial charge in [0.15, 0.2) is 0 Å². The zero-order valence-corrected chi connectivity index (χ0v) is 10.9. The summed E-state index contributed by atoms with van der Waals surface area (Å²) in [5.74, 6) is 1.51. The lowest BCUT2D eigenvalue weighted by atomic mass is 9.81.